The number of hydrogen-bond donors (Lipinski definition) is 2. The van der Waals surface area contributed by atoms with Gasteiger partial charge in [-0.2, -0.15) is 5.06 Å². The maximum absolute atomic E-state index is 12.7. The van der Waals surface area contributed by atoms with Gasteiger partial charge in [-0.1, -0.05) is 30.3 Å². The van der Waals surface area contributed by atoms with Crippen molar-refractivity contribution in [2.45, 2.75) is 56.6 Å². The Hall–Kier alpha value is -2.08. The second-order valence-corrected chi connectivity index (χ2v) is 7.96. The predicted molar refractivity (Wildman–Crippen MR) is 105 cm³/mol. The number of benzene rings is 1. The minimum absolute atomic E-state index is 0.171. The second-order valence-electron chi connectivity index (χ2n) is 7.96. The van der Waals surface area contributed by atoms with E-state index in [1.54, 1.807) is 13.8 Å². The van der Waals surface area contributed by atoms with E-state index in [0.717, 1.165) is 5.56 Å². The van der Waals surface area contributed by atoms with Crippen LogP contribution in [-0.4, -0.2) is 84.3 Å². The summed E-state index contributed by atoms with van der Waals surface area (Å²) in [5.74, 6) is -3.76. The van der Waals surface area contributed by atoms with Crippen LogP contribution in [0.3, 0.4) is 0 Å². The Balaban J connectivity index is 1.98. The molecule has 1 aromatic rings. The van der Waals surface area contributed by atoms with E-state index >= 15 is 0 Å². The van der Waals surface area contributed by atoms with Gasteiger partial charge in [0.15, 0.2) is 11.9 Å². The second kappa shape index (κ2) is 9.60. The fourth-order valence-electron chi connectivity index (χ4n) is 4.12. The molecule has 2 saturated heterocycles. The summed E-state index contributed by atoms with van der Waals surface area (Å²) in [6.07, 6.45) is -4.49. The molecule has 3 rings (SSSR count). The number of methoxy groups -OCH3 is 2. The lowest BCUT2D eigenvalue weighted by molar-refractivity contribution is -0.207. The van der Waals surface area contributed by atoms with Crippen LogP contribution in [0.1, 0.15) is 19.4 Å². The Kier molecular flexibility index (Phi) is 7.30. The van der Waals surface area contributed by atoms with E-state index < -0.39 is 60.7 Å². The zero-order valence-electron chi connectivity index (χ0n) is 18.0. The summed E-state index contributed by atoms with van der Waals surface area (Å²) in [5.41, 5.74) is 0.830. The van der Waals surface area contributed by atoms with Crippen molar-refractivity contribution in [3.8, 4) is 0 Å². The quantitative estimate of drug-likeness (QED) is 0.561. The van der Waals surface area contributed by atoms with Crippen LogP contribution in [-0.2, 0) is 39.9 Å². The number of aliphatic hydroxyl groups excluding tert-OH is 2. The third-order valence-electron chi connectivity index (χ3n) is 5.45. The number of carbonyl (C=O) groups excluding carboxylic acids is 2. The van der Waals surface area contributed by atoms with Gasteiger partial charge in [0.05, 0.1) is 26.9 Å². The fraction of sp³-hybridized carbons (Fsp3) is 0.619. The summed E-state index contributed by atoms with van der Waals surface area (Å²) in [5, 5.41) is 22.4. The first-order chi connectivity index (χ1) is 14.7. The third kappa shape index (κ3) is 4.89. The topological polar surface area (TPSA) is 124 Å². The molecular formula is C21H29NO9. The highest BCUT2D eigenvalue weighted by atomic mass is 16.8. The number of rotatable bonds is 7. The SMILES string of the molecule is COC(=O)[C@@H]1[C@@H]([C@@H](O)[C@@H]2OC(C)(C)O[C@@H]2CO)N(Cc2ccccc2)O[C@@H]1C(=O)OC. The predicted octanol–water partition coefficient (Wildman–Crippen LogP) is 0.00650. The lowest BCUT2D eigenvalue weighted by Gasteiger charge is -2.33. The van der Waals surface area contributed by atoms with Crippen molar-refractivity contribution >= 4 is 11.9 Å². The first kappa shape index (κ1) is 23.6. The summed E-state index contributed by atoms with van der Waals surface area (Å²) in [6, 6.07) is 8.19. The number of carbonyl (C=O) groups is 2. The van der Waals surface area contributed by atoms with Gasteiger partial charge >= 0.3 is 11.9 Å². The van der Waals surface area contributed by atoms with Gasteiger partial charge < -0.3 is 29.2 Å². The van der Waals surface area contributed by atoms with Crippen molar-refractivity contribution in [2.75, 3.05) is 20.8 Å². The minimum Gasteiger partial charge on any atom is -0.469 e. The van der Waals surface area contributed by atoms with Crippen molar-refractivity contribution in [2.24, 2.45) is 5.92 Å². The average molecular weight is 439 g/mol. The number of nitrogens with zero attached hydrogens (tertiary/aromatic N) is 1. The lowest BCUT2D eigenvalue weighted by atomic mass is 9.87. The molecular weight excluding hydrogens is 410 g/mol. The lowest BCUT2D eigenvalue weighted by Crippen LogP contribution is -2.53. The van der Waals surface area contributed by atoms with Gasteiger partial charge in [-0.15, -0.1) is 0 Å². The summed E-state index contributed by atoms with van der Waals surface area (Å²) < 4.78 is 21.2. The molecule has 2 fully saturated rings. The molecule has 172 valence electrons. The largest absolute Gasteiger partial charge is 0.469 e. The fourth-order valence-corrected chi connectivity index (χ4v) is 4.12. The Morgan fingerprint density at radius 2 is 1.77 bits per heavy atom. The zero-order valence-corrected chi connectivity index (χ0v) is 18.0. The van der Waals surface area contributed by atoms with E-state index in [9.17, 15) is 19.8 Å². The standard InChI is InChI=1S/C21H29NO9/c1-21(2)29-13(11-23)17(30-21)16(24)15-14(19(25)27-3)18(20(26)28-4)31-22(15)10-12-8-6-5-7-9-12/h5-9,13-18,23-24H,10-11H2,1-4H3/t13-,14-,15+,16-,17-,18+/m1/s1. The Labute approximate surface area is 180 Å². The minimum atomic E-state index is -1.36. The van der Waals surface area contributed by atoms with Crippen LogP contribution in [0, 0.1) is 5.92 Å². The number of hydrogen-bond acceptors (Lipinski definition) is 10. The zero-order chi connectivity index (χ0) is 22.8. The molecule has 2 N–H and O–H groups in total. The number of hydroxylamine groups is 2. The first-order valence-corrected chi connectivity index (χ1v) is 10.00. The van der Waals surface area contributed by atoms with Gasteiger partial charge in [0.1, 0.15) is 24.2 Å². The van der Waals surface area contributed by atoms with Crippen molar-refractivity contribution in [3.63, 3.8) is 0 Å². The number of ether oxygens (including phenoxy) is 4. The molecule has 31 heavy (non-hydrogen) atoms. The highest BCUT2D eigenvalue weighted by Gasteiger charge is 2.58. The monoisotopic (exact) mass is 439 g/mol. The number of esters is 2. The van der Waals surface area contributed by atoms with Gasteiger partial charge in [0, 0.05) is 6.54 Å². The van der Waals surface area contributed by atoms with E-state index in [4.69, 9.17) is 23.8 Å². The molecule has 0 bridgehead atoms. The molecule has 0 aliphatic carbocycles. The van der Waals surface area contributed by atoms with Crippen LogP contribution in [0.2, 0.25) is 0 Å². The van der Waals surface area contributed by atoms with E-state index in [1.165, 1.54) is 19.3 Å². The summed E-state index contributed by atoms with van der Waals surface area (Å²) in [7, 11) is 2.37. The van der Waals surface area contributed by atoms with Gasteiger partial charge in [-0.3, -0.25) is 9.63 Å². The molecule has 2 heterocycles. The molecule has 0 unspecified atom stereocenters. The van der Waals surface area contributed by atoms with E-state index in [1.807, 2.05) is 30.3 Å². The maximum Gasteiger partial charge on any atom is 0.338 e. The third-order valence-corrected chi connectivity index (χ3v) is 5.45. The van der Waals surface area contributed by atoms with Gasteiger partial charge in [-0.25, -0.2) is 4.79 Å². The molecule has 2 aliphatic rings. The van der Waals surface area contributed by atoms with Crippen LogP contribution < -0.4 is 0 Å². The average Bonchev–Trinajstić information content (AvgIpc) is 3.29. The number of aliphatic hydroxyl groups is 2. The van der Waals surface area contributed by atoms with Crippen LogP contribution in [0.5, 0.6) is 0 Å². The van der Waals surface area contributed by atoms with Crippen LogP contribution in [0.25, 0.3) is 0 Å². The smallest absolute Gasteiger partial charge is 0.338 e. The molecule has 0 radical (unpaired) electrons. The molecule has 2 aliphatic heterocycles. The van der Waals surface area contributed by atoms with Crippen LogP contribution >= 0.6 is 0 Å². The van der Waals surface area contributed by atoms with E-state index in [2.05, 4.69) is 0 Å². The Bertz CT molecular complexity index is 771. The summed E-state index contributed by atoms with van der Waals surface area (Å²) in [4.78, 5) is 30.9. The molecule has 10 nitrogen and oxygen atoms in total. The highest BCUT2D eigenvalue weighted by Crippen LogP contribution is 2.38. The van der Waals surface area contributed by atoms with Crippen molar-refractivity contribution in [1.29, 1.82) is 0 Å². The van der Waals surface area contributed by atoms with Crippen molar-refractivity contribution < 1.29 is 43.6 Å². The van der Waals surface area contributed by atoms with Crippen LogP contribution in [0.4, 0.5) is 0 Å². The Morgan fingerprint density at radius 1 is 1.13 bits per heavy atom. The van der Waals surface area contributed by atoms with E-state index in [0.29, 0.717) is 0 Å². The Morgan fingerprint density at radius 3 is 2.35 bits per heavy atom. The highest BCUT2D eigenvalue weighted by molar-refractivity contribution is 5.85. The normalized spacial score (nSPS) is 31.4. The molecule has 10 heteroatoms. The van der Waals surface area contributed by atoms with Gasteiger partial charge in [0.25, 0.3) is 0 Å². The molecule has 6 atom stereocenters. The van der Waals surface area contributed by atoms with Gasteiger partial charge in [-0.05, 0) is 19.4 Å². The van der Waals surface area contributed by atoms with E-state index in [-0.39, 0.29) is 6.54 Å². The maximum atomic E-state index is 12.7. The van der Waals surface area contributed by atoms with Crippen molar-refractivity contribution in [1.82, 2.24) is 5.06 Å². The summed E-state index contributed by atoms with van der Waals surface area (Å²) >= 11 is 0. The van der Waals surface area contributed by atoms with Crippen molar-refractivity contribution in [3.05, 3.63) is 35.9 Å². The molecule has 0 saturated carbocycles. The molecule has 0 amide bonds. The first-order valence-electron chi connectivity index (χ1n) is 10.00. The molecule has 0 spiro atoms. The molecule has 0 aromatic heterocycles. The van der Waals surface area contributed by atoms with Crippen LogP contribution in [0.15, 0.2) is 30.3 Å². The van der Waals surface area contributed by atoms with Gasteiger partial charge in [0.2, 0.25) is 0 Å². The summed E-state index contributed by atoms with van der Waals surface area (Å²) in [6.45, 7) is 3.08. The molecule has 1 aromatic carbocycles.